The maximum Gasteiger partial charge on any atom is 0.163 e. The first-order valence-electron chi connectivity index (χ1n) is 8.15. The number of rotatable bonds is 3. The lowest BCUT2D eigenvalue weighted by Gasteiger charge is -2.35. The first kappa shape index (κ1) is 14.9. The smallest absolute Gasteiger partial charge is 0.163 e. The Kier molecular flexibility index (Phi) is 3.78. The molecule has 0 aliphatic carbocycles. The number of nitrogens with two attached hydrogens (primary N) is 1. The molecule has 3 aromatic rings. The summed E-state index contributed by atoms with van der Waals surface area (Å²) < 4.78 is 1.79. The number of hydrogen-bond donors (Lipinski definition) is 1. The Labute approximate surface area is 140 Å². The van der Waals surface area contributed by atoms with Crippen LogP contribution in [0.5, 0.6) is 0 Å². The van der Waals surface area contributed by atoms with Gasteiger partial charge in [-0.05, 0) is 17.7 Å². The van der Waals surface area contributed by atoms with Crippen LogP contribution >= 0.6 is 0 Å². The summed E-state index contributed by atoms with van der Waals surface area (Å²) in [5.41, 5.74) is 8.83. The van der Waals surface area contributed by atoms with E-state index in [4.69, 9.17) is 5.73 Å². The van der Waals surface area contributed by atoms with Gasteiger partial charge in [-0.15, -0.1) is 0 Å². The Morgan fingerprint density at radius 2 is 1.96 bits per heavy atom. The van der Waals surface area contributed by atoms with Crippen LogP contribution in [-0.4, -0.2) is 50.8 Å². The molecule has 0 radical (unpaired) electrons. The average molecular weight is 323 g/mol. The van der Waals surface area contributed by atoms with Crippen molar-refractivity contribution in [3.63, 3.8) is 0 Å². The minimum Gasteiger partial charge on any atom is -0.399 e. The van der Waals surface area contributed by atoms with Gasteiger partial charge in [-0.3, -0.25) is 9.58 Å². The van der Waals surface area contributed by atoms with Crippen LogP contribution in [0.3, 0.4) is 0 Å². The largest absolute Gasteiger partial charge is 0.399 e. The molecule has 7 heteroatoms. The fourth-order valence-electron chi connectivity index (χ4n) is 3.27. The number of anilines is 2. The van der Waals surface area contributed by atoms with Gasteiger partial charge in [0.1, 0.15) is 12.1 Å². The van der Waals surface area contributed by atoms with E-state index >= 15 is 0 Å². The van der Waals surface area contributed by atoms with E-state index in [9.17, 15) is 0 Å². The standard InChI is InChI=1S/C17H21N7/c1-22-16-15(10-21-22)17(20-12-19-16)24-7-5-23(6-8-24)11-13-3-2-4-14(18)9-13/h2-4,9-10,12H,5-8,11,18H2,1H3. The van der Waals surface area contributed by atoms with Crippen molar-refractivity contribution in [2.45, 2.75) is 6.54 Å². The molecule has 1 aliphatic rings. The van der Waals surface area contributed by atoms with Crippen LogP contribution < -0.4 is 10.6 Å². The molecule has 4 rings (SSSR count). The molecule has 24 heavy (non-hydrogen) atoms. The Morgan fingerprint density at radius 1 is 1.12 bits per heavy atom. The first-order valence-corrected chi connectivity index (χ1v) is 8.15. The van der Waals surface area contributed by atoms with Gasteiger partial charge in [0.2, 0.25) is 0 Å². The molecule has 2 N–H and O–H groups in total. The second-order valence-corrected chi connectivity index (χ2v) is 6.21. The van der Waals surface area contributed by atoms with Crippen molar-refractivity contribution in [2.24, 2.45) is 7.05 Å². The monoisotopic (exact) mass is 323 g/mol. The summed E-state index contributed by atoms with van der Waals surface area (Å²) in [5, 5.41) is 5.31. The number of fused-ring (bicyclic) bond motifs is 1. The van der Waals surface area contributed by atoms with Gasteiger partial charge in [0.25, 0.3) is 0 Å². The lowest BCUT2D eigenvalue weighted by atomic mass is 10.1. The molecule has 0 amide bonds. The Bertz CT molecular complexity index is 849. The summed E-state index contributed by atoms with van der Waals surface area (Å²) in [4.78, 5) is 13.6. The normalized spacial score (nSPS) is 16.0. The van der Waals surface area contributed by atoms with Crippen molar-refractivity contribution < 1.29 is 0 Å². The molecular weight excluding hydrogens is 302 g/mol. The van der Waals surface area contributed by atoms with E-state index in [2.05, 4.69) is 37.0 Å². The van der Waals surface area contributed by atoms with E-state index in [0.29, 0.717) is 0 Å². The van der Waals surface area contributed by atoms with Crippen molar-refractivity contribution in [3.8, 4) is 0 Å². The Hall–Kier alpha value is -2.67. The summed E-state index contributed by atoms with van der Waals surface area (Å²) >= 11 is 0. The number of nitrogen functional groups attached to an aromatic ring is 1. The van der Waals surface area contributed by atoms with Crippen LogP contribution in [0, 0.1) is 0 Å². The van der Waals surface area contributed by atoms with Gasteiger partial charge in [-0.2, -0.15) is 5.10 Å². The molecule has 7 nitrogen and oxygen atoms in total. The van der Waals surface area contributed by atoms with Crippen LogP contribution in [0.25, 0.3) is 11.0 Å². The maximum atomic E-state index is 5.87. The van der Waals surface area contributed by atoms with Gasteiger partial charge in [-0.25, -0.2) is 9.97 Å². The molecule has 1 aliphatic heterocycles. The van der Waals surface area contributed by atoms with Gasteiger partial charge in [0.05, 0.1) is 11.6 Å². The zero-order chi connectivity index (χ0) is 16.5. The van der Waals surface area contributed by atoms with E-state index in [1.807, 2.05) is 25.4 Å². The molecule has 1 aromatic carbocycles. The zero-order valence-corrected chi connectivity index (χ0v) is 13.8. The number of hydrogen-bond acceptors (Lipinski definition) is 6. The number of benzene rings is 1. The van der Waals surface area contributed by atoms with E-state index in [-0.39, 0.29) is 0 Å². The average Bonchev–Trinajstić information content (AvgIpc) is 2.97. The molecule has 0 saturated carbocycles. The van der Waals surface area contributed by atoms with Crippen molar-refractivity contribution in [1.29, 1.82) is 0 Å². The molecule has 1 saturated heterocycles. The fourth-order valence-corrected chi connectivity index (χ4v) is 3.27. The second-order valence-electron chi connectivity index (χ2n) is 6.21. The third-order valence-corrected chi connectivity index (χ3v) is 4.54. The van der Waals surface area contributed by atoms with E-state index in [1.54, 1.807) is 11.0 Å². The molecule has 1 fully saturated rings. The Balaban J connectivity index is 1.46. The van der Waals surface area contributed by atoms with Crippen LogP contribution in [-0.2, 0) is 13.6 Å². The predicted molar refractivity (Wildman–Crippen MR) is 94.6 cm³/mol. The summed E-state index contributed by atoms with van der Waals surface area (Å²) in [6.45, 7) is 4.83. The van der Waals surface area contributed by atoms with Gasteiger partial charge in [0.15, 0.2) is 5.65 Å². The molecule has 2 aromatic heterocycles. The third kappa shape index (κ3) is 2.78. The molecule has 0 spiro atoms. The lowest BCUT2D eigenvalue weighted by Crippen LogP contribution is -2.46. The number of nitrogens with zero attached hydrogens (tertiary/aromatic N) is 6. The summed E-state index contributed by atoms with van der Waals surface area (Å²) in [7, 11) is 1.91. The molecule has 0 unspecified atom stereocenters. The minimum absolute atomic E-state index is 0.825. The van der Waals surface area contributed by atoms with Gasteiger partial charge in [-0.1, -0.05) is 12.1 Å². The summed E-state index contributed by atoms with van der Waals surface area (Å²) in [6.07, 6.45) is 3.47. The van der Waals surface area contributed by atoms with Gasteiger partial charge < -0.3 is 10.6 Å². The third-order valence-electron chi connectivity index (χ3n) is 4.54. The van der Waals surface area contributed by atoms with Crippen molar-refractivity contribution in [2.75, 3.05) is 36.8 Å². The highest BCUT2D eigenvalue weighted by molar-refractivity contribution is 5.86. The van der Waals surface area contributed by atoms with E-state index < -0.39 is 0 Å². The molecule has 3 heterocycles. The van der Waals surface area contributed by atoms with Gasteiger partial charge >= 0.3 is 0 Å². The number of aromatic nitrogens is 4. The van der Waals surface area contributed by atoms with Gasteiger partial charge in [0, 0.05) is 45.5 Å². The van der Waals surface area contributed by atoms with E-state index in [0.717, 1.165) is 55.3 Å². The highest BCUT2D eigenvalue weighted by atomic mass is 15.3. The van der Waals surface area contributed by atoms with Crippen molar-refractivity contribution >= 4 is 22.5 Å². The maximum absolute atomic E-state index is 5.87. The SMILES string of the molecule is Cn1ncc2c(N3CCN(Cc4cccc(N)c4)CC3)ncnc21. The zero-order valence-electron chi connectivity index (χ0n) is 13.8. The minimum atomic E-state index is 0.825. The van der Waals surface area contributed by atoms with Crippen LogP contribution in [0.2, 0.25) is 0 Å². The quantitative estimate of drug-likeness (QED) is 0.732. The molecule has 0 atom stereocenters. The highest BCUT2D eigenvalue weighted by Gasteiger charge is 2.21. The van der Waals surface area contributed by atoms with E-state index in [1.165, 1.54) is 5.56 Å². The van der Waals surface area contributed by atoms with Crippen LogP contribution in [0.1, 0.15) is 5.56 Å². The van der Waals surface area contributed by atoms with Crippen LogP contribution in [0.4, 0.5) is 11.5 Å². The lowest BCUT2D eigenvalue weighted by molar-refractivity contribution is 0.249. The molecular formula is C17H21N7. The topological polar surface area (TPSA) is 76.1 Å². The predicted octanol–water partition coefficient (Wildman–Crippen LogP) is 1.27. The Morgan fingerprint density at radius 3 is 2.75 bits per heavy atom. The first-order chi connectivity index (χ1) is 11.7. The van der Waals surface area contributed by atoms with Crippen LogP contribution in [0.15, 0.2) is 36.8 Å². The number of piperazine rings is 1. The summed E-state index contributed by atoms with van der Waals surface area (Å²) in [6, 6.07) is 8.12. The highest BCUT2D eigenvalue weighted by Crippen LogP contribution is 2.23. The fraction of sp³-hybridized carbons (Fsp3) is 0.353. The molecule has 124 valence electrons. The number of aryl methyl sites for hydroxylation is 1. The van der Waals surface area contributed by atoms with Crippen molar-refractivity contribution in [1.82, 2.24) is 24.6 Å². The molecule has 0 bridgehead atoms. The summed E-state index contributed by atoms with van der Waals surface area (Å²) in [5.74, 6) is 0.983. The second kappa shape index (κ2) is 6.09. The van der Waals surface area contributed by atoms with Crippen molar-refractivity contribution in [3.05, 3.63) is 42.4 Å².